The highest BCUT2D eigenvalue weighted by atomic mass is 16.7. The van der Waals surface area contributed by atoms with E-state index in [2.05, 4.69) is 0 Å². The summed E-state index contributed by atoms with van der Waals surface area (Å²) in [5.41, 5.74) is 0. The van der Waals surface area contributed by atoms with Crippen LogP contribution in [0.2, 0.25) is 0 Å². The lowest BCUT2D eigenvalue weighted by atomic mass is 10.5. The second-order valence-corrected chi connectivity index (χ2v) is 3.40. The van der Waals surface area contributed by atoms with E-state index >= 15 is 0 Å². The molecule has 96 valence electrons. The van der Waals surface area contributed by atoms with Crippen molar-refractivity contribution >= 4 is 17.8 Å². The van der Waals surface area contributed by atoms with Crippen molar-refractivity contribution in [2.24, 2.45) is 0 Å². The Balaban J connectivity index is 2.69. The summed E-state index contributed by atoms with van der Waals surface area (Å²) in [5, 5.41) is 0. The van der Waals surface area contributed by atoms with Crippen LogP contribution >= 0.6 is 0 Å². The Morgan fingerprint density at radius 1 is 1.06 bits per heavy atom. The average molecular weight is 244 g/mol. The first-order valence-electron chi connectivity index (χ1n) is 5.39. The lowest BCUT2D eigenvalue weighted by Gasteiger charge is -2.21. The zero-order valence-corrected chi connectivity index (χ0v) is 10.1. The number of ether oxygens (including phenoxy) is 2. The molecular formula is C10H16N2O5. The van der Waals surface area contributed by atoms with Gasteiger partial charge in [-0.3, -0.25) is 19.4 Å². The van der Waals surface area contributed by atoms with Crippen LogP contribution in [0.5, 0.6) is 0 Å². The van der Waals surface area contributed by atoms with Crippen LogP contribution in [0, 0.1) is 0 Å². The Morgan fingerprint density at radius 2 is 1.59 bits per heavy atom. The summed E-state index contributed by atoms with van der Waals surface area (Å²) in [6, 6.07) is -0.649. The van der Waals surface area contributed by atoms with E-state index in [4.69, 9.17) is 9.47 Å². The van der Waals surface area contributed by atoms with Gasteiger partial charge in [-0.15, -0.1) is 0 Å². The first-order valence-corrected chi connectivity index (χ1v) is 5.39. The van der Waals surface area contributed by atoms with Gasteiger partial charge >= 0.3 is 17.8 Å². The van der Waals surface area contributed by atoms with E-state index in [9.17, 15) is 14.4 Å². The number of carbonyl (C=O) groups excluding carboxylic acids is 3. The maximum Gasteiger partial charge on any atom is 0.334 e. The molecule has 0 bridgehead atoms. The van der Waals surface area contributed by atoms with E-state index in [0.717, 1.165) is 9.80 Å². The van der Waals surface area contributed by atoms with E-state index in [1.807, 2.05) is 0 Å². The van der Waals surface area contributed by atoms with Gasteiger partial charge in [0, 0.05) is 20.3 Å². The van der Waals surface area contributed by atoms with Gasteiger partial charge in [-0.1, -0.05) is 0 Å². The maximum absolute atomic E-state index is 11.6. The van der Waals surface area contributed by atoms with Crippen LogP contribution in [0.4, 0.5) is 4.79 Å². The number of carbonyl (C=O) groups is 3. The van der Waals surface area contributed by atoms with Crippen LogP contribution in [-0.4, -0.2) is 60.7 Å². The molecule has 1 aliphatic rings. The van der Waals surface area contributed by atoms with Gasteiger partial charge in [-0.05, 0) is 13.8 Å². The molecule has 7 nitrogen and oxygen atoms in total. The fourth-order valence-electron chi connectivity index (χ4n) is 1.45. The highest BCUT2D eigenvalue weighted by Crippen LogP contribution is 2.11. The molecule has 1 heterocycles. The molecule has 1 saturated heterocycles. The SMILES string of the molecule is CCOC(CN1C(=O)C(=O)N(C)C1=O)OCC. The first kappa shape index (κ1) is 13.6. The number of likely N-dealkylation sites (N-methyl/N-ethyl adjacent to an activating group) is 1. The van der Waals surface area contributed by atoms with Crippen molar-refractivity contribution in [3.05, 3.63) is 0 Å². The van der Waals surface area contributed by atoms with Crippen LogP contribution < -0.4 is 0 Å². The Kier molecular flexibility index (Phi) is 4.59. The third-order valence-corrected chi connectivity index (χ3v) is 2.29. The summed E-state index contributed by atoms with van der Waals surface area (Å²) in [6.07, 6.45) is -0.697. The quantitative estimate of drug-likeness (QED) is 0.367. The van der Waals surface area contributed by atoms with Crippen molar-refractivity contribution in [3.63, 3.8) is 0 Å². The Morgan fingerprint density at radius 3 is 1.94 bits per heavy atom. The van der Waals surface area contributed by atoms with Crippen molar-refractivity contribution in [2.45, 2.75) is 20.1 Å². The van der Waals surface area contributed by atoms with E-state index in [1.54, 1.807) is 13.8 Å². The lowest BCUT2D eigenvalue weighted by molar-refractivity contribution is -0.154. The van der Waals surface area contributed by atoms with E-state index in [-0.39, 0.29) is 6.54 Å². The van der Waals surface area contributed by atoms with Crippen molar-refractivity contribution in [3.8, 4) is 0 Å². The van der Waals surface area contributed by atoms with Crippen LogP contribution in [-0.2, 0) is 19.1 Å². The topological polar surface area (TPSA) is 76.2 Å². The smallest absolute Gasteiger partial charge is 0.334 e. The number of rotatable bonds is 6. The molecule has 0 aromatic heterocycles. The van der Waals surface area contributed by atoms with Gasteiger partial charge in [-0.2, -0.15) is 0 Å². The van der Waals surface area contributed by atoms with E-state index in [1.165, 1.54) is 7.05 Å². The highest BCUT2D eigenvalue weighted by Gasteiger charge is 2.43. The number of amides is 4. The summed E-state index contributed by atoms with van der Waals surface area (Å²) in [5.74, 6) is -1.68. The Bertz CT molecular complexity index is 325. The van der Waals surface area contributed by atoms with Crippen molar-refractivity contribution < 1.29 is 23.9 Å². The number of nitrogens with zero attached hydrogens (tertiary/aromatic N) is 2. The molecule has 1 fully saturated rings. The molecule has 0 unspecified atom stereocenters. The summed E-state index contributed by atoms with van der Waals surface area (Å²) in [6.45, 7) is 4.26. The summed E-state index contributed by atoms with van der Waals surface area (Å²) < 4.78 is 10.4. The van der Waals surface area contributed by atoms with E-state index < -0.39 is 24.1 Å². The standard InChI is InChI=1S/C10H16N2O5/c1-4-16-7(17-5-2)6-12-9(14)8(13)11(3)10(12)15/h7H,4-6H2,1-3H3. The first-order chi connectivity index (χ1) is 8.02. The highest BCUT2D eigenvalue weighted by molar-refractivity contribution is 6.44. The molecule has 0 aromatic carbocycles. The zero-order valence-electron chi connectivity index (χ0n) is 10.1. The van der Waals surface area contributed by atoms with Gasteiger partial charge < -0.3 is 9.47 Å². The lowest BCUT2D eigenvalue weighted by Crippen LogP contribution is -2.40. The number of imide groups is 2. The van der Waals surface area contributed by atoms with Crippen LogP contribution in [0.25, 0.3) is 0 Å². The van der Waals surface area contributed by atoms with E-state index in [0.29, 0.717) is 13.2 Å². The van der Waals surface area contributed by atoms with Gasteiger partial charge in [0.05, 0.1) is 6.54 Å². The molecule has 1 rings (SSSR count). The van der Waals surface area contributed by atoms with Crippen molar-refractivity contribution in [1.82, 2.24) is 9.80 Å². The van der Waals surface area contributed by atoms with Crippen LogP contribution in [0.3, 0.4) is 0 Å². The monoisotopic (exact) mass is 244 g/mol. The molecule has 0 N–H and O–H groups in total. The molecule has 4 amide bonds. The molecule has 17 heavy (non-hydrogen) atoms. The summed E-state index contributed by atoms with van der Waals surface area (Å²) in [4.78, 5) is 35.9. The number of urea groups is 1. The number of hydrogen-bond donors (Lipinski definition) is 0. The molecule has 0 aliphatic carbocycles. The Hall–Kier alpha value is -1.47. The summed E-state index contributed by atoms with van der Waals surface area (Å²) >= 11 is 0. The Labute approximate surface area is 99.2 Å². The fraction of sp³-hybridized carbons (Fsp3) is 0.700. The third kappa shape index (κ3) is 2.80. The molecule has 7 heteroatoms. The average Bonchev–Trinajstić information content (AvgIpc) is 2.47. The van der Waals surface area contributed by atoms with Gasteiger partial charge in [0.25, 0.3) is 0 Å². The maximum atomic E-state index is 11.6. The molecule has 0 spiro atoms. The summed E-state index contributed by atoms with van der Waals surface area (Å²) in [7, 11) is 1.26. The normalized spacial score (nSPS) is 16.6. The van der Waals surface area contributed by atoms with Crippen molar-refractivity contribution in [2.75, 3.05) is 26.8 Å². The second-order valence-electron chi connectivity index (χ2n) is 3.40. The van der Waals surface area contributed by atoms with Gasteiger partial charge in [0.2, 0.25) is 0 Å². The second kappa shape index (κ2) is 5.74. The fourth-order valence-corrected chi connectivity index (χ4v) is 1.45. The van der Waals surface area contributed by atoms with Gasteiger partial charge in [0.1, 0.15) is 0 Å². The van der Waals surface area contributed by atoms with Crippen LogP contribution in [0.15, 0.2) is 0 Å². The number of hydrogen-bond acceptors (Lipinski definition) is 5. The predicted molar refractivity (Wildman–Crippen MR) is 56.9 cm³/mol. The largest absolute Gasteiger partial charge is 0.351 e. The predicted octanol–water partition coefficient (Wildman–Crippen LogP) is -0.194. The molecule has 1 aliphatic heterocycles. The third-order valence-electron chi connectivity index (χ3n) is 2.29. The van der Waals surface area contributed by atoms with Gasteiger partial charge in [0.15, 0.2) is 6.29 Å². The molecule has 0 atom stereocenters. The van der Waals surface area contributed by atoms with Crippen molar-refractivity contribution in [1.29, 1.82) is 0 Å². The van der Waals surface area contributed by atoms with Gasteiger partial charge in [-0.25, -0.2) is 4.79 Å². The molecule has 0 aromatic rings. The zero-order chi connectivity index (χ0) is 13.0. The molecule has 0 radical (unpaired) electrons. The minimum Gasteiger partial charge on any atom is -0.351 e. The minimum atomic E-state index is -0.845. The minimum absolute atomic E-state index is 0.0740. The molecule has 0 saturated carbocycles. The molecular weight excluding hydrogens is 228 g/mol. The van der Waals surface area contributed by atoms with Crippen LogP contribution in [0.1, 0.15) is 13.8 Å².